The summed E-state index contributed by atoms with van der Waals surface area (Å²) in [6, 6.07) is 15.1. The number of nitrogens with zero attached hydrogens (tertiary/aromatic N) is 4. The number of anilines is 1. The van der Waals surface area contributed by atoms with Gasteiger partial charge in [0.15, 0.2) is 5.13 Å². The molecule has 0 aliphatic rings. The van der Waals surface area contributed by atoms with Crippen molar-refractivity contribution >= 4 is 34.0 Å². The summed E-state index contributed by atoms with van der Waals surface area (Å²) in [6.07, 6.45) is 5.69. The Morgan fingerprint density at radius 3 is 2.54 bits per heavy atom. The summed E-state index contributed by atoms with van der Waals surface area (Å²) in [6.45, 7) is 0.614. The molecule has 0 fully saturated rings. The number of nitrogens with one attached hydrogen (secondary N) is 1. The average molecular weight is 410 g/mol. The van der Waals surface area contributed by atoms with Gasteiger partial charge in [-0.1, -0.05) is 35.9 Å². The minimum atomic E-state index is -0.181. The van der Waals surface area contributed by atoms with E-state index in [0.29, 0.717) is 22.3 Å². The lowest BCUT2D eigenvalue weighted by molar-refractivity contribution is 0.102. The highest BCUT2D eigenvalue weighted by Gasteiger charge is 2.10. The molecule has 1 N–H and O–H groups in total. The van der Waals surface area contributed by atoms with Gasteiger partial charge in [0.05, 0.1) is 6.54 Å². The standard InChI is InChI=1S/C20H16ClN5OS/c21-17-7-3-14(4-8-17)9-18-10-23-20(28-18)25-19(27)16-5-1-15(2-6-16)11-26-13-22-12-24-26/h1-8,10,12-13H,9,11H2,(H,23,25,27). The van der Waals surface area contributed by atoms with Crippen LogP contribution in [0.4, 0.5) is 5.13 Å². The number of halogens is 1. The molecule has 2 aromatic heterocycles. The van der Waals surface area contributed by atoms with Crippen LogP contribution in [0.1, 0.15) is 26.4 Å². The van der Waals surface area contributed by atoms with Crippen molar-refractivity contribution in [2.75, 3.05) is 5.32 Å². The van der Waals surface area contributed by atoms with Crippen LogP contribution in [0.3, 0.4) is 0 Å². The third-order valence-electron chi connectivity index (χ3n) is 4.09. The topological polar surface area (TPSA) is 72.7 Å². The summed E-state index contributed by atoms with van der Waals surface area (Å²) in [5.74, 6) is -0.181. The van der Waals surface area contributed by atoms with E-state index in [1.807, 2.05) is 36.4 Å². The zero-order valence-electron chi connectivity index (χ0n) is 14.7. The number of amides is 1. The first-order valence-corrected chi connectivity index (χ1v) is 9.77. The summed E-state index contributed by atoms with van der Waals surface area (Å²) in [4.78, 5) is 21.8. The van der Waals surface area contributed by atoms with Crippen LogP contribution in [0.25, 0.3) is 0 Å². The molecule has 0 radical (unpaired) electrons. The number of carbonyl (C=O) groups is 1. The molecule has 0 aliphatic carbocycles. The molecule has 140 valence electrons. The van der Waals surface area contributed by atoms with Crippen LogP contribution in [0.2, 0.25) is 5.02 Å². The third kappa shape index (κ3) is 4.62. The molecule has 1 amide bonds. The van der Waals surface area contributed by atoms with Crippen molar-refractivity contribution in [2.45, 2.75) is 13.0 Å². The van der Waals surface area contributed by atoms with E-state index in [2.05, 4.69) is 20.4 Å². The molecule has 8 heteroatoms. The van der Waals surface area contributed by atoms with Crippen LogP contribution in [-0.2, 0) is 13.0 Å². The first kappa shape index (κ1) is 18.3. The number of hydrogen-bond acceptors (Lipinski definition) is 5. The van der Waals surface area contributed by atoms with Crippen molar-refractivity contribution in [3.8, 4) is 0 Å². The van der Waals surface area contributed by atoms with E-state index in [1.54, 1.807) is 29.3 Å². The van der Waals surface area contributed by atoms with Gasteiger partial charge in [-0.15, -0.1) is 11.3 Å². The van der Waals surface area contributed by atoms with E-state index >= 15 is 0 Å². The van der Waals surface area contributed by atoms with Gasteiger partial charge in [0.1, 0.15) is 12.7 Å². The number of benzene rings is 2. The molecule has 2 aromatic carbocycles. The fourth-order valence-electron chi connectivity index (χ4n) is 2.68. The summed E-state index contributed by atoms with van der Waals surface area (Å²) in [5.41, 5.74) is 2.77. The summed E-state index contributed by atoms with van der Waals surface area (Å²) in [5, 5.41) is 8.23. The third-order valence-corrected chi connectivity index (χ3v) is 5.26. The predicted molar refractivity (Wildman–Crippen MR) is 110 cm³/mol. The molecule has 28 heavy (non-hydrogen) atoms. The van der Waals surface area contributed by atoms with Crippen molar-refractivity contribution in [3.63, 3.8) is 0 Å². The highest BCUT2D eigenvalue weighted by atomic mass is 35.5. The van der Waals surface area contributed by atoms with Gasteiger partial charge in [-0.2, -0.15) is 5.10 Å². The molecule has 0 unspecified atom stereocenters. The number of hydrogen-bond donors (Lipinski definition) is 1. The minimum Gasteiger partial charge on any atom is -0.298 e. The maximum absolute atomic E-state index is 12.5. The monoisotopic (exact) mass is 409 g/mol. The predicted octanol–water partition coefficient (Wildman–Crippen LogP) is 4.28. The van der Waals surface area contributed by atoms with Crippen LogP contribution in [0.15, 0.2) is 67.4 Å². The van der Waals surface area contributed by atoms with Gasteiger partial charge in [0, 0.05) is 28.1 Å². The molecule has 2 heterocycles. The highest BCUT2D eigenvalue weighted by Crippen LogP contribution is 2.22. The molecule has 0 saturated heterocycles. The second-order valence-corrected chi connectivity index (χ2v) is 7.73. The average Bonchev–Trinajstić information content (AvgIpc) is 3.36. The number of thiazole rings is 1. The van der Waals surface area contributed by atoms with E-state index in [0.717, 1.165) is 22.4 Å². The van der Waals surface area contributed by atoms with Crippen LogP contribution in [0, 0.1) is 0 Å². The number of carbonyl (C=O) groups excluding carboxylic acids is 1. The zero-order chi connectivity index (χ0) is 19.3. The molecule has 0 spiro atoms. The van der Waals surface area contributed by atoms with Crippen molar-refractivity contribution in [1.82, 2.24) is 19.7 Å². The Kier molecular flexibility index (Phi) is 5.45. The second kappa shape index (κ2) is 8.33. The van der Waals surface area contributed by atoms with E-state index in [4.69, 9.17) is 11.6 Å². The van der Waals surface area contributed by atoms with E-state index in [1.165, 1.54) is 17.7 Å². The van der Waals surface area contributed by atoms with Crippen LogP contribution >= 0.6 is 22.9 Å². The molecule has 0 atom stereocenters. The van der Waals surface area contributed by atoms with Crippen molar-refractivity contribution < 1.29 is 4.79 Å². The van der Waals surface area contributed by atoms with Crippen LogP contribution < -0.4 is 5.32 Å². The number of aromatic nitrogens is 4. The molecule has 4 rings (SSSR count). The molecular formula is C20H16ClN5OS. The van der Waals surface area contributed by atoms with Crippen molar-refractivity contribution in [2.24, 2.45) is 0 Å². The Morgan fingerprint density at radius 2 is 1.82 bits per heavy atom. The zero-order valence-corrected chi connectivity index (χ0v) is 16.3. The van der Waals surface area contributed by atoms with Crippen LogP contribution in [-0.4, -0.2) is 25.7 Å². The van der Waals surface area contributed by atoms with E-state index in [-0.39, 0.29) is 5.91 Å². The first-order valence-electron chi connectivity index (χ1n) is 8.57. The van der Waals surface area contributed by atoms with Gasteiger partial charge in [0.2, 0.25) is 0 Å². The Balaban J connectivity index is 1.37. The fraction of sp³-hybridized carbons (Fsp3) is 0.100. The highest BCUT2D eigenvalue weighted by molar-refractivity contribution is 7.15. The molecule has 0 bridgehead atoms. The Hall–Kier alpha value is -3.03. The second-order valence-electron chi connectivity index (χ2n) is 6.18. The van der Waals surface area contributed by atoms with Crippen LogP contribution in [0.5, 0.6) is 0 Å². The number of rotatable bonds is 6. The molecule has 6 nitrogen and oxygen atoms in total. The van der Waals surface area contributed by atoms with Gasteiger partial charge >= 0.3 is 0 Å². The summed E-state index contributed by atoms with van der Waals surface area (Å²) >= 11 is 7.38. The van der Waals surface area contributed by atoms with Gasteiger partial charge in [0.25, 0.3) is 5.91 Å². The van der Waals surface area contributed by atoms with Gasteiger partial charge < -0.3 is 0 Å². The molecule has 0 aliphatic heterocycles. The summed E-state index contributed by atoms with van der Waals surface area (Å²) < 4.78 is 1.73. The van der Waals surface area contributed by atoms with E-state index < -0.39 is 0 Å². The fourth-order valence-corrected chi connectivity index (χ4v) is 3.65. The Labute approximate surface area is 170 Å². The Morgan fingerprint density at radius 1 is 1.07 bits per heavy atom. The van der Waals surface area contributed by atoms with Crippen molar-refractivity contribution in [1.29, 1.82) is 0 Å². The summed E-state index contributed by atoms with van der Waals surface area (Å²) in [7, 11) is 0. The lowest BCUT2D eigenvalue weighted by Crippen LogP contribution is -2.11. The lowest BCUT2D eigenvalue weighted by Gasteiger charge is -2.04. The normalized spacial score (nSPS) is 10.8. The lowest BCUT2D eigenvalue weighted by atomic mass is 10.1. The van der Waals surface area contributed by atoms with Gasteiger partial charge in [-0.25, -0.2) is 14.6 Å². The van der Waals surface area contributed by atoms with Gasteiger partial charge in [-0.3, -0.25) is 10.1 Å². The maximum Gasteiger partial charge on any atom is 0.257 e. The minimum absolute atomic E-state index is 0.181. The maximum atomic E-state index is 12.5. The largest absolute Gasteiger partial charge is 0.298 e. The molecule has 0 saturated carbocycles. The molecular weight excluding hydrogens is 394 g/mol. The first-order chi connectivity index (χ1) is 13.7. The van der Waals surface area contributed by atoms with E-state index in [9.17, 15) is 4.79 Å². The SMILES string of the molecule is O=C(Nc1ncc(Cc2ccc(Cl)cc2)s1)c1ccc(Cn2cncn2)cc1. The quantitative estimate of drug-likeness (QED) is 0.516. The smallest absolute Gasteiger partial charge is 0.257 e. The Bertz CT molecular complexity index is 1060. The van der Waals surface area contributed by atoms with Gasteiger partial charge in [-0.05, 0) is 35.4 Å². The van der Waals surface area contributed by atoms with Crippen molar-refractivity contribution in [3.05, 3.63) is 94.0 Å². The molecule has 4 aromatic rings.